The first-order chi connectivity index (χ1) is 19.1. The monoisotopic (exact) mass is 597 g/mol. The van der Waals surface area contributed by atoms with E-state index in [9.17, 15) is 22.4 Å². The zero-order valence-electron chi connectivity index (χ0n) is 21.1. The molecule has 1 N–H and O–H groups in total. The van der Waals surface area contributed by atoms with E-state index in [2.05, 4.69) is 10.5 Å². The van der Waals surface area contributed by atoms with Crippen LogP contribution in [-0.2, 0) is 17.5 Å². The van der Waals surface area contributed by atoms with Gasteiger partial charge in [0.1, 0.15) is 17.3 Å². The summed E-state index contributed by atoms with van der Waals surface area (Å²) in [5.74, 6) is -0.323. The van der Waals surface area contributed by atoms with Gasteiger partial charge in [0.05, 0.1) is 28.3 Å². The molecular formula is C28H25Cl2F4N3O3. The number of carbonyl (C=O) groups excluding carboxylic acids is 1. The van der Waals surface area contributed by atoms with Crippen molar-refractivity contribution in [1.82, 2.24) is 10.1 Å². The van der Waals surface area contributed by atoms with Crippen molar-refractivity contribution in [1.29, 1.82) is 0 Å². The van der Waals surface area contributed by atoms with Gasteiger partial charge >= 0.3 is 12.2 Å². The van der Waals surface area contributed by atoms with E-state index in [1.165, 1.54) is 0 Å². The van der Waals surface area contributed by atoms with Crippen LogP contribution in [0.4, 0.5) is 28.0 Å². The SMILES string of the molecule is O=C(Nc1ccc(F)c(C(F)(F)F)c1)N1C2CC[C@H]1CC(OCc1c(-c3c(Cl)cccc3Cl)noc1C1CC1)C2. The second kappa shape index (κ2) is 10.5. The fourth-order valence-electron chi connectivity index (χ4n) is 5.85. The highest BCUT2D eigenvalue weighted by atomic mass is 35.5. The summed E-state index contributed by atoms with van der Waals surface area (Å²) < 4.78 is 65.1. The number of piperidine rings is 1. The molecule has 3 atom stereocenters. The summed E-state index contributed by atoms with van der Waals surface area (Å²) in [6, 6.07) is 6.93. The molecule has 2 bridgehead atoms. The van der Waals surface area contributed by atoms with E-state index in [4.69, 9.17) is 32.5 Å². The number of urea groups is 1. The number of hydrogen-bond acceptors (Lipinski definition) is 4. The van der Waals surface area contributed by atoms with Gasteiger partial charge in [-0.3, -0.25) is 0 Å². The lowest BCUT2D eigenvalue weighted by Gasteiger charge is -2.38. The molecule has 6 rings (SSSR count). The quantitative estimate of drug-likeness (QED) is 0.289. The molecular weight excluding hydrogens is 573 g/mol. The number of hydrogen-bond donors (Lipinski definition) is 1. The number of rotatable bonds is 6. The molecule has 0 radical (unpaired) electrons. The van der Waals surface area contributed by atoms with Crippen molar-refractivity contribution < 1.29 is 31.6 Å². The van der Waals surface area contributed by atoms with Crippen molar-refractivity contribution in [2.45, 2.75) is 75.4 Å². The highest BCUT2D eigenvalue weighted by Crippen LogP contribution is 2.46. The third-order valence-electron chi connectivity index (χ3n) is 7.88. The summed E-state index contributed by atoms with van der Waals surface area (Å²) in [6.07, 6.45) is -0.309. The standard InChI is InChI=1S/C28H25Cl2F4N3O3/c29-21-2-1-3-22(30)24(21)25-19(26(40-36-25)14-4-5-14)13-39-18-11-16-7-8-17(12-18)37(16)27(38)35-15-6-9-23(31)20(10-15)28(32,33)34/h1-3,6,9-10,14,16-18H,4-5,7-8,11-13H2,(H,35,38)/t16-,17?,18?/m0/s1. The fraction of sp³-hybridized carbons (Fsp3) is 0.429. The number of carbonyl (C=O) groups is 1. The molecule has 40 heavy (non-hydrogen) atoms. The summed E-state index contributed by atoms with van der Waals surface area (Å²) in [4.78, 5) is 14.8. The summed E-state index contributed by atoms with van der Waals surface area (Å²) in [6.45, 7) is 0.248. The van der Waals surface area contributed by atoms with Crippen LogP contribution in [0.15, 0.2) is 40.9 Å². The van der Waals surface area contributed by atoms with Gasteiger partial charge in [0.15, 0.2) is 0 Å². The van der Waals surface area contributed by atoms with E-state index < -0.39 is 23.6 Å². The molecule has 2 saturated heterocycles. The van der Waals surface area contributed by atoms with Crippen LogP contribution in [0, 0.1) is 5.82 Å². The van der Waals surface area contributed by atoms with Gasteiger partial charge in [-0.1, -0.05) is 34.4 Å². The molecule has 2 amide bonds. The minimum Gasteiger partial charge on any atom is -0.373 e. The molecule has 3 heterocycles. The maximum absolute atomic E-state index is 13.7. The molecule has 2 aliphatic heterocycles. The van der Waals surface area contributed by atoms with Crippen molar-refractivity contribution in [2.24, 2.45) is 0 Å². The second-order valence-corrected chi connectivity index (χ2v) is 11.4. The van der Waals surface area contributed by atoms with Crippen LogP contribution >= 0.6 is 23.2 Å². The van der Waals surface area contributed by atoms with Gasteiger partial charge in [0.2, 0.25) is 0 Å². The number of nitrogens with one attached hydrogen (secondary N) is 1. The first-order valence-corrected chi connectivity index (χ1v) is 13.9. The molecule has 3 aliphatic rings. The Balaban J connectivity index is 1.14. The maximum atomic E-state index is 13.7. The first kappa shape index (κ1) is 27.4. The van der Waals surface area contributed by atoms with Crippen molar-refractivity contribution in [2.75, 3.05) is 5.32 Å². The first-order valence-electron chi connectivity index (χ1n) is 13.1. The van der Waals surface area contributed by atoms with Gasteiger partial charge in [0.25, 0.3) is 0 Å². The van der Waals surface area contributed by atoms with Crippen LogP contribution < -0.4 is 5.32 Å². The number of anilines is 1. The van der Waals surface area contributed by atoms with Crippen molar-refractivity contribution >= 4 is 34.9 Å². The molecule has 12 heteroatoms. The number of ether oxygens (including phenoxy) is 1. The minimum atomic E-state index is -4.86. The normalized spacial score (nSPS) is 22.6. The lowest BCUT2D eigenvalue weighted by atomic mass is 9.99. The molecule has 6 nitrogen and oxygen atoms in total. The van der Waals surface area contributed by atoms with Gasteiger partial charge < -0.3 is 19.5 Å². The van der Waals surface area contributed by atoms with Crippen LogP contribution in [0.3, 0.4) is 0 Å². The lowest BCUT2D eigenvalue weighted by molar-refractivity contribution is -0.139. The number of benzene rings is 2. The summed E-state index contributed by atoms with van der Waals surface area (Å²) in [5, 5.41) is 7.74. The van der Waals surface area contributed by atoms with E-state index in [1.807, 2.05) is 0 Å². The fourth-order valence-corrected chi connectivity index (χ4v) is 6.43. The van der Waals surface area contributed by atoms with Gasteiger partial charge in [-0.05, 0) is 68.9 Å². The lowest BCUT2D eigenvalue weighted by Crippen LogP contribution is -2.50. The predicted octanol–water partition coefficient (Wildman–Crippen LogP) is 8.43. The number of fused-ring (bicyclic) bond motifs is 2. The summed E-state index contributed by atoms with van der Waals surface area (Å²) >= 11 is 12.9. The molecule has 3 aromatic rings. The van der Waals surface area contributed by atoms with Crippen LogP contribution in [0.1, 0.15) is 61.3 Å². The molecule has 1 saturated carbocycles. The zero-order valence-corrected chi connectivity index (χ0v) is 22.6. The van der Waals surface area contributed by atoms with E-state index in [0.717, 1.165) is 43.1 Å². The van der Waals surface area contributed by atoms with E-state index in [0.29, 0.717) is 46.3 Å². The Morgan fingerprint density at radius 2 is 1.75 bits per heavy atom. The summed E-state index contributed by atoms with van der Waals surface area (Å²) in [7, 11) is 0. The Hall–Kier alpha value is -2.82. The van der Waals surface area contributed by atoms with Crippen LogP contribution in [0.5, 0.6) is 0 Å². The smallest absolute Gasteiger partial charge is 0.373 e. The Morgan fingerprint density at radius 1 is 1.07 bits per heavy atom. The average Bonchev–Trinajstić information content (AvgIpc) is 3.60. The largest absolute Gasteiger partial charge is 0.419 e. The van der Waals surface area contributed by atoms with Gasteiger partial charge in [0, 0.05) is 34.8 Å². The number of nitrogens with zero attached hydrogens (tertiary/aromatic N) is 2. The molecule has 1 aliphatic carbocycles. The second-order valence-electron chi connectivity index (χ2n) is 10.6. The number of alkyl halides is 3. The third kappa shape index (κ3) is 5.29. The highest BCUT2D eigenvalue weighted by molar-refractivity contribution is 6.39. The average molecular weight is 598 g/mol. The maximum Gasteiger partial charge on any atom is 0.419 e. The molecule has 2 aromatic carbocycles. The number of halogens is 6. The van der Waals surface area contributed by atoms with Crippen LogP contribution in [-0.4, -0.2) is 34.3 Å². The molecule has 212 valence electrons. The minimum absolute atomic E-state index is 0.109. The topological polar surface area (TPSA) is 67.6 Å². The predicted molar refractivity (Wildman–Crippen MR) is 141 cm³/mol. The van der Waals surface area contributed by atoms with Crippen molar-refractivity contribution in [3.05, 3.63) is 69.1 Å². The number of aromatic nitrogens is 1. The highest BCUT2D eigenvalue weighted by Gasteiger charge is 2.44. The van der Waals surface area contributed by atoms with Gasteiger partial charge in [-0.25, -0.2) is 9.18 Å². The van der Waals surface area contributed by atoms with Crippen molar-refractivity contribution in [3.63, 3.8) is 0 Å². The Morgan fingerprint density at radius 3 is 2.38 bits per heavy atom. The Bertz CT molecular complexity index is 1410. The number of amides is 2. The third-order valence-corrected chi connectivity index (χ3v) is 8.51. The van der Waals surface area contributed by atoms with E-state index in [1.54, 1.807) is 23.1 Å². The zero-order chi connectivity index (χ0) is 28.2. The molecule has 2 unspecified atom stereocenters. The molecule has 1 aromatic heterocycles. The van der Waals surface area contributed by atoms with Crippen LogP contribution in [0.25, 0.3) is 11.3 Å². The van der Waals surface area contributed by atoms with Gasteiger partial charge in [-0.15, -0.1) is 0 Å². The van der Waals surface area contributed by atoms with E-state index in [-0.39, 0.29) is 36.4 Å². The Labute approximate surface area is 237 Å². The van der Waals surface area contributed by atoms with Gasteiger partial charge in [-0.2, -0.15) is 13.2 Å². The molecule has 0 spiro atoms. The molecule has 3 fully saturated rings. The van der Waals surface area contributed by atoms with E-state index >= 15 is 0 Å². The summed E-state index contributed by atoms with van der Waals surface area (Å²) in [5.41, 5.74) is 0.456. The van der Waals surface area contributed by atoms with Crippen LogP contribution in [0.2, 0.25) is 10.0 Å². The van der Waals surface area contributed by atoms with Crippen molar-refractivity contribution in [3.8, 4) is 11.3 Å². The Kier molecular flexibility index (Phi) is 7.21.